The molecule has 0 radical (unpaired) electrons. The second-order valence-electron chi connectivity index (χ2n) is 7.95. The van der Waals surface area contributed by atoms with E-state index in [1.165, 1.54) is 12.8 Å². The lowest BCUT2D eigenvalue weighted by Crippen LogP contribution is -2.61. The van der Waals surface area contributed by atoms with Crippen molar-refractivity contribution in [2.75, 3.05) is 45.9 Å². The molecule has 0 unspecified atom stereocenters. The Kier molecular flexibility index (Phi) is 5.29. The van der Waals surface area contributed by atoms with E-state index in [1.54, 1.807) is 6.20 Å². The number of likely N-dealkylation sites (tertiary alicyclic amines) is 1. The maximum Gasteiger partial charge on any atom is 0.248 e. The molecule has 0 spiro atoms. The monoisotopic (exact) mass is 361 g/mol. The minimum Gasteiger partial charge on any atom is -0.381 e. The second-order valence-corrected chi connectivity index (χ2v) is 7.95. The van der Waals surface area contributed by atoms with Crippen LogP contribution in [0, 0.1) is 0 Å². The third-order valence-electron chi connectivity index (χ3n) is 6.57. The Balaban J connectivity index is 1.50. The first-order valence-corrected chi connectivity index (χ1v) is 10.1. The number of ether oxygens (including phenoxy) is 1. The largest absolute Gasteiger partial charge is 0.381 e. The third-order valence-corrected chi connectivity index (χ3v) is 6.57. The number of carbonyl (C=O) groups is 1. The van der Waals surface area contributed by atoms with E-state index in [2.05, 4.69) is 20.6 Å². The van der Waals surface area contributed by atoms with Gasteiger partial charge >= 0.3 is 0 Å². The van der Waals surface area contributed by atoms with Gasteiger partial charge in [0.2, 0.25) is 5.91 Å². The molecule has 1 amide bonds. The number of hydrogen-bond donors (Lipinski definition) is 2. The van der Waals surface area contributed by atoms with Gasteiger partial charge in [-0.25, -0.2) is 0 Å². The van der Waals surface area contributed by atoms with E-state index in [0.29, 0.717) is 6.54 Å². The Hall–Kier alpha value is -1.44. The molecule has 7 nitrogen and oxygen atoms in total. The fourth-order valence-electron chi connectivity index (χ4n) is 4.88. The molecule has 2 N–H and O–H groups in total. The minimum atomic E-state index is -0.563. The highest BCUT2D eigenvalue weighted by Gasteiger charge is 2.45. The van der Waals surface area contributed by atoms with Gasteiger partial charge in [-0.15, -0.1) is 0 Å². The zero-order valence-corrected chi connectivity index (χ0v) is 15.6. The van der Waals surface area contributed by atoms with Crippen LogP contribution in [0.1, 0.15) is 38.5 Å². The summed E-state index contributed by atoms with van der Waals surface area (Å²) in [6.45, 7) is 6.28. The van der Waals surface area contributed by atoms with Crippen LogP contribution in [0.15, 0.2) is 18.5 Å². The maximum atomic E-state index is 13.4. The minimum absolute atomic E-state index is 0.0582. The van der Waals surface area contributed by atoms with Gasteiger partial charge in [0.05, 0.1) is 0 Å². The summed E-state index contributed by atoms with van der Waals surface area (Å²) in [6, 6.07) is 1.90. The zero-order valence-electron chi connectivity index (χ0n) is 15.6. The van der Waals surface area contributed by atoms with Gasteiger partial charge in [-0.2, -0.15) is 5.10 Å². The number of piperidine rings is 1. The van der Waals surface area contributed by atoms with Crippen molar-refractivity contribution in [3.63, 3.8) is 0 Å². The van der Waals surface area contributed by atoms with Gasteiger partial charge in [-0.1, -0.05) is 0 Å². The van der Waals surface area contributed by atoms with Crippen LogP contribution in [-0.4, -0.2) is 72.1 Å². The Bertz CT molecular complexity index is 585. The molecule has 4 rings (SSSR count). The lowest BCUT2D eigenvalue weighted by atomic mass is 9.85. The average Bonchev–Trinajstić information content (AvgIpc) is 3.42. The highest BCUT2D eigenvalue weighted by molar-refractivity contribution is 5.84. The molecular weight excluding hydrogens is 330 g/mol. The van der Waals surface area contributed by atoms with E-state index in [0.717, 1.165) is 65.1 Å². The first-order chi connectivity index (χ1) is 12.8. The Labute approximate surface area is 155 Å². The van der Waals surface area contributed by atoms with Gasteiger partial charge in [0.15, 0.2) is 0 Å². The molecule has 144 valence electrons. The smallest absolute Gasteiger partial charge is 0.248 e. The van der Waals surface area contributed by atoms with E-state index < -0.39 is 5.54 Å². The standard InChI is InChI=1S/C19H31N5O2/c25-17(19(4-9-20-10-5-19)24-13-3-8-22-24)21-16-18(6-14-26-15-7-18)23-11-1-2-12-23/h3,8,13,20H,1-2,4-7,9-12,14-16H2,(H,21,25). The van der Waals surface area contributed by atoms with Crippen LogP contribution >= 0.6 is 0 Å². The molecule has 3 saturated heterocycles. The van der Waals surface area contributed by atoms with Crippen molar-refractivity contribution in [3.8, 4) is 0 Å². The van der Waals surface area contributed by atoms with Crippen LogP contribution in [0.3, 0.4) is 0 Å². The van der Waals surface area contributed by atoms with E-state index >= 15 is 0 Å². The SMILES string of the molecule is O=C(NCC1(N2CCCC2)CCOCC1)C1(n2cccn2)CCNCC1. The van der Waals surface area contributed by atoms with E-state index in [-0.39, 0.29) is 11.4 Å². The number of carbonyl (C=O) groups excluding carboxylic acids is 1. The molecule has 1 aromatic heterocycles. The van der Waals surface area contributed by atoms with Crippen LogP contribution in [0.4, 0.5) is 0 Å². The van der Waals surface area contributed by atoms with Crippen LogP contribution in [0.2, 0.25) is 0 Å². The van der Waals surface area contributed by atoms with Crippen molar-refractivity contribution < 1.29 is 9.53 Å². The molecule has 0 aliphatic carbocycles. The van der Waals surface area contributed by atoms with Gasteiger partial charge in [0.1, 0.15) is 5.54 Å². The lowest BCUT2D eigenvalue weighted by molar-refractivity contribution is -0.133. The van der Waals surface area contributed by atoms with Crippen LogP contribution < -0.4 is 10.6 Å². The first-order valence-electron chi connectivity index (χ1n) is 10.1. The predicted molar refractivity (Wildman–Crippen MR) is 98.9 cm³/mol. The van der Waals surface area contributed by atoms with E-state index in [9.17, 15) is 4.79 Å². The molecule has 26 heavy (non-hydrogen) atoms. The van der Waals surface area contributed by atoms with Gasteiger partial charge < -0.3 is 15.4 Å². The lowest BCUT2D eigenvalue weighted by Gasteiger charge is -2.45. The van der Waals surface area contributed by atoms with Crippen molar-refractivity contribution in [1.82, 2.24) is 25.3 Å². The molecule has 3 fully saturated rings. The van der Waals surface area contributed by atoms with Gasteiger partial charge in [-0.3, -0.25) is 14.4 Å². The topological polar surface area (TPSA) is 71.4 Å². The molecule has 0 atom stereocenters. The molecule has 4 heterocycles. The number of aromatic nitrogens is 2. The Morgan fingerprint density at radius 3 is 2.54 bits per heavy atom. The molecule has 0 bridgehead atoms. The number of amides is 1. The summed E-state index contributed by atoms with van der Waals surface area (Å²) in [5.41, 5.74) is -0.505. The molecule has 7 heteroatoms. The van der Waals surface area contributed by atoms with Gasteiger partial charge in [-0.05, 0) is 70.8 Å². The third kappa shape index (κ3) is 3.28. The highest BCUT2D eigenvalue weighted by Crippen LogP contribution is 2.32. The number of rotatable bonds is 5. The normalized spacial score (nSPS) is 25.8. The zero-order chi connectivity index (χ0) is 17.9. The van der Waals surface area contributed by atoms with Crippen molar-refractivity contribution >= 4 is 5.91 Å². The number of nitrogens with one attached hydrogen (secondary N) is 2. The van der Waals surface area contributed by atoms with Gasteiger partial charge in [0, 0.05) is 37.7 Å². The quantitative estimate of drug-likeness (QED) is 0.809. The van der Waals surface area contributed by atoms with E-state index in [1.807, 2.05) is 16.9 Å². The fraction of sp³-hybridized carbons (Fsp3) is 0.789. The summed E-state index contributed by atoms with van der Waals surface area (Å²) < 4.78 is 7.50. The molecular formula is C19H31N5O2. The summed E-state index contributed by atoms with van der Waals surface area (Å²) in [7, 11) is 0. The second kappa shape index (κ2) is 7.66. The molecule has 0 saturated carbocycles. The van der Waals surface area contributed by atoms with Crippen LogP contribution in [0.25, 0.3) is 0 Å². The predicted octanol–water partition coefficient (Wildman–Crippen LogP) is 0.723. The van der Waals surface area contributed by atoms with E-state index in [4.69, 9.17) is 4.74 Å². The van der Waals surface area contributed by atoms with Crippen molar-refractivity contribution in [3.05, 3.63) is 18.5 Å². The molecule has 1 aromatic rings. The van der Waals surface area contributed by atoms with Gasteiger partial charge in [0.25, 0.3) is 0 Å². The Morgan fingerprint density at radius 1 is 1.15 bits per heavy atom. The summed E-state index contributed by atoms with van der Waals surface area (Å²) in [4.78, 5) is 16.0. The van der Waals surface area contributed by atoms with Crippen molar-refractivity contribution in [2.24, 2.45) is 0 Å². The molecule has 0 aromatic carbocycles. The summed E-state index contributed by atoms with van der Waals surface area (Å²) in [6.07, 6.45) is 9.78. The first kappa shape index (κ1) is 17.9. The fourth-order valence-corrected chi connectivity index (χ4v) is 4.88. The summed E-state index contributed by atoms with van der Waals surface area (Å²) in [5.74, 6) is 0.118. The summed E-state index contributed by atoms with van der Waals surface area (Å²) in [5, 5.41) is 11.1. The molecule has 3 aliphatic rings. The van der Waals surface area contributed by atoms with Crippen LogP contribution in [-0.2, 0) is 15.1 Å². The van der Waals surface area contributed by atoms with Crippen molar-refractivity contribution in [1.29, 1.82) is 0 Å². The average molecular weight is 361 g/mol. The highest BCUT2D eigenvalue weighted by atomic mass is 16.5. The maximum absolute atomic E-state index is 13.4. The van der Waals surface area contributed by atoms with Crippen LogP contribution in [0.5, 0.6) is 0 Å². The number of nitrogens with zero attached hydrogens (tertiary/aromatic N) is 3. The van der Waals surface area contributed by atoms with Crippen molar-refractivity contribution in [2.45, 2.75) is 49.6 Å². The molecule has 3 aliphatic heterocycles. The number of hydrogen-bond acceptors (Lipinski definition) is 5. The summed E-state index contributed by atoms with van der Waals surface area (Å²) >= 11 is 0. The Morgan fingerprint density at radius 2 is 1.88 bits per heavy atom.